The predicted molar refractivity (Wildman–Crippen MR) is 139 cm³/mol. The van der Waals surface area contributed by atoms with Gasteiger partial charge in [0.15, 0.2) is 0 Å². The number of fused-ring (bicyclic) bond motifs is 3. The van der Waals surface area contributed by atoms with Gasteiger partial charge >= 0.3 is 6.03 Å². The number of rotatable bonds is 5. The van der Waals surface area contributed by atoms with Crippen molar-refractivity contribution in [1.82, 2.24) is 9.47 Å². The van der Waals surface area contributed by atoms with Crippen LogP contribution in [-0.4, -0.2) is 34.0 Å². The van der Waals surface area contributed by atoms with Crippen LogP contribution in [0.1, 0.15) is 31.1 Å². The molecule has 3 amide bonds. The topological polar surface area (TPSA) is 57.6 Å². The maximum Gasteiger partial charge on any atom is 0.322 e. The minimum atomic E-state index is -0.306. The summed E-state index contributed by atoms with van der Waals surface area (Å²) < 4.78 is 2.14. The third kappa shape index (κ3) is 4.30. The Hall–Kier alpha value is -4.32. The van der Waals surface area contributed by atoms with Crippen molar-refractivity contribution >= 4 is 23.3 Å². The quantitative estimate of drug-likeness (QED) is 0.402. The van der Waals surface area contributed by atoms with Crippen molar-refractivity contribution < 1.29 is 9.59 Å². The molecule has 6 nitrogen and oxygen atoms in total. The average molecular weight is 465 g/mol. The Kier molecular flexibility index (Phi) is 6.10. The molecule has 1 aromatic heterocycles. The van der Waals surface area contributed by atoms with E-state index < -0.39 is 0 Å². The zero-order valence-corrected chi connectivity index (χ0v) is 19.8. The van der Waals surface area contributed by atoms with Crippen molar-refractivity contribution in [3.05, 3.63) is 115 Å². The molecule has 0 spiro atoms. The van der Waals surface area contributed by atoms with Crippen molar-refractivity contribution in [3.8, 4) is 5.69 Å². The van der Waals surface area contributed by atoms with Crippen LogP contribution >= 0.6 is 0 Å². The molecule has 1 N–H and O–H groups in total. The summed E-state index contributed by atoms with van der Waals surface area (Å²) in [5, 5.41) is 2.92. The molecule has 1 aliphatic heterocycles. The second-order valence-corrected chi connectivity index (χ2v) is 8.89. The highest BCUT2D eigenvalue weighted by Gasteiger charge is 2.37. The molecule has 0 radical (unpaired) electrons. The van der Waals surface area contributed by atoms with Crippen LogP contribution in [0.4, 0.5) is 16.2 Å². The van der Waals surface area contributed by atoms with Gasteiger partial charge in [0, 0.05) is 17.9 Å². The summed E-state index contributed by atoms with van der Waals surface area (Å²) >= 11 is 0. The number of anilines is 2. The number of amides is 3. The van der Waals surface area contributed by atoms with Gasteiger partial charge in [0.1, 0.15) is 12.6 Å². The van der Waals surface area contributed by atoms with Gasteiger partial charge < -0.3 is 14.8 Å². The molecule has 0 bridgehead atoms. The first-order valence-electron chi connectivity index (χ1n) is 11.8. The largest absolute Gasteiger partial charge is 0.322 e. The first-order chi connectivity index (χ1) is 17.0. The maximum atomic E-state index is 14.0. The summed E-state index contributed by atoms with van der Waals surface area (Å²) in [5.74, 6) is -0.143. The molecular formula is C29H28N4O2. The Morgan fingerprint density at radius 2 is 1.46 bits per heavy atom. The first kappa shape index (κ1) is 22.5. The number of carbonyl (C=O) groups excluding carboxylic acids is 2. The Balaban J connectivity index is 1.52. The van der Waals surface area contributed by atoms with E-state index in [1.54, 1.807) is 4.90 Å². The van der Waals surface area contributed by atoms with Gasteiger partial charge in [-0.15, -0.1) is 0 Å². The highest BCUT2D eigenvalue weighted by atomic mass is 16.2. The van der Waals surface area contributed by atoms with Gasteiger partial charge in [-0.25, -0.2) is 4.79 Å². The molecule has 176 valence electrons. The highest BCUT2D eigenvalue weighted by Crippen LogP contribution is 2.42. The normalized spacial score (nSPS) is 14.3. The standard InChI is InChI=1S/C29H28N4O2/c1-21(2)32(29(35)30-23-14-7-4-8-15-23)20-27(34)33-25-17-10-9-16-24(25)31-19-11-18-26(31)28(33)22-12-5-3-6-13-22/h3-19,21,28H,20H2,1-2H3,(H,30,35). The van der Waals surface area contributed by atoms with E-state index in [1.165, 1.54) is 0 Å². The van der Waals surface area contributed by atoms with E-state index in [0.29, 0.717) is 5.69 Å². The van der Waals surface area contributed by atoms with Crippen LogP contribution in [0.3, 0.4) is 0 Å². The lowest BCUT2D eigenvalue weighted by atomic mass is 9.97. The van der Waals surface area contributed by atoms with E-state index in [0.717, 1.165) is 22.6 Å². The van der Waals surface area contributed by atoms with E-state index in [9.17, 15) is 9.59 Å². The molecule has 3 aromatic carbocycles. The Morgan fingerprint density at radius 1 is 0.829 bits per heavy atom. The summed E-state index contributed by atoms with van der Waals surface area (Å²) in [7, 11) is 0. The highest BCUT2D eigenvalue weighted by molar-refractivity contribution is 6.01. The molecule has 1 atom stereocenters. The third-order valence-electron chi connectivity index (χ3n) is 6.32. The number of benzene rings is 3. The Morgan fingerprint density at radius 3 is 2.14 bits per heavy atom. The van der Waals surface area contributed by atoms with Crippen LogP contribution in [0.25, 0.3) is 5.69 Å². The number of urea groups is 1. The molecule has 0 aliphatic carbocycles. The Bertz CT molecular complexity index is 1330. The van der Waals surface area contributed by atoms with Crippen molar-refractivity contribution in [2.75, 3.05) is 16.8 Å². The fourth-order valence-corrected chi connectivity index (χ4v) is 4.64. The number of para-hydroxylation sites is 3. The van der Waals surface area contributed by atoms with Gasteiger partial charge in [-0.1, -0.05) is 60.7 Å². The molecule has 1 unspecified atom stereocenters. The molecule has 35 heavy (non-hydrogen) atoms. The fourth-order valence-electron chi connectivity index (χ4n) is 4.64. The Labute approximate surface area is 205 Å². The number of hydrogen-bond donors (Lipinski definition) is 1. The smallest absolute Gasteiger partial charge is 0.316 e. The monoisotopic (exact) mass is 464 g/mol. The molecule has 2 heterocycles. The lowest BCUT2D eigenvalue weighted by Gasteiger charge is -2.40. The number of carbonyl (C=O) groups is 2. The van der Waals surface area contributed by atoms with Gasteiger partial charge in [-0.3, -0.25) is 9.69 Å². The molecule has 4 aromatic rings. The number of aromatic nitrogens is 1. The van der Waals surface area contributed by atoms with Crippen molar-refractivity contribution in [2.24, 2.45) is 0 Å². The average Bonchev–Trinajstić information content (AvgIpc) is 3.37. The summed E-state index contributed by atoms with van der Waals surface area (Å²) in [6.45, 7) is 3.79. The lowest BCUT2D eigenvalue weighted by molar-refractivity contribution is -0.119. The first-order valence-corrected chi connectivity index (χ1v) is 11.8. The van der Waals surface area contributed by atoms with E-state index >= 15 is 0 Å². The van der Waals surface area contributed by atoms with Crippen LogP contribution < -0.4 is 10.2 Å². The van der Waals surface area contributed by atoms with E-state index in [4.69, 9.17) is 0 Å². The molecule has 5 rings (SSSR count). The second-order valence-electron chi connectivity index (χ2n) is 8.89. The molecule has 6 heteroatoms. The molecular weight excluding hydrogens is 436 g/mol. The summed E-state index contributed by atoms with van der Waals surface area (Å²) in [6.07, 6.45) is 2.03. The van der Waals surface area contributed by atoms with Gasteiger partial charge in [0.05, 0.1) is 17.1 Å². The molecule has 0 fully saturated rings. The minimum Gasteiger partial charge on any atom is -0.316 e. The maximum absolute atomic E-state index is 14.0. The zero-order valence-electron chi connectivity index (χ0n) is 19.8. The van der Waals surface area contributed by atoms with Gasteiger partial charge in [0.2, 0.25) is 5.91 Å². The number of hydrogen-bond acceptors (Lipinski definition) is 2. The predicted octanol–water partition coefficient (Wildman–Crippen LogP) is 5.86. The van der Waals surface area contributed by atoms with E-state index in [1.807, 2.05) is 116 Å². The summed E-state index contributed by atoms with van der Waals surface area (Å²) in [6, 6.07) is 30.5. The summed E-state index contributed by atoms with van der Waals surface area (Å²) in [5.41, 5.74) is 4.48. The second kappa shape index (κ2) is 9.50. The summed E-state index contributed by atoms with van der Waals surface area (Å²) in [4.78, 5) is 30.6. The van der Waals surface area contributed by atoms with Crippen LogP contribution in [0, 0.1) is 0 Å². The van der Waals surface area contributed by atoms with Crippen LogP contribution in [0.2, 0.25) is 0 Å². The van der Waals surface area contributed by atoms with Crippen molar-refractivity contribution in [3.63, 3.8) is 0 Å². The lowest BCUT2D eigenvalue weighted by Crippen LogP contribution is -2.49. The van der Waals surface area contributed by atoms with Crippen LogP contribution in [0.15, 0.2) is 103 Å². The number of nitrogens with one attached hydrogen (secondary N) is 1. The van der Waals surface area contributed by atoms with Gasteiger partial charge in [0.25, 0.3) is 0 Å². The molecule has 0 saturated carbocycles. The minimum absolute atomic E-state index is 0.0469. The van der Waals surface area contributed by atoms with E-state index in [-0.39, 0.29) is 30.6 Å². The SMILES string of the molecule is CC(C)N(CC(=O)N1c2ccccc2-n2cccc2C1c1ccccc1)C(=O)Nc1ccccc1. The molecule has 1 aliphatic rings. The van der Waals surface area contributed by atoms with Crippen molar-refractivity contribution in [2.45, 2.75) is 25.9 Å². The number of nitrogens with zero attached hydrogens (tertiary/aromatic N) is 3. The zero-order chi connectivity index (χ0) is 24.4. The van der Waals surface area contributed by atoms with Crippen LogP contribution in [-0.2, 0) is 4.79 Å². The fraction of sp³-hybridized carbons (Fsp3) is 0.172. The van der Waals surface area contributed by atoms with Crippen molar-refractivity contribution in [1.29, 1.82) is 0 Å². The van der Waals surface area contributed by atoms with Crippen LogP contribution in [0.5, 0.6) is 0 Å². The van der Waals surface area contributed by atoms with Gasteiger partial charge in [-0.05, 0) is 55.8 Å². The van der Waals surface area contributed by atoms with E-state index in [2.05, 4.69) is 16.0 Å². The third-order valence-corrected chi connectivity index (χ3v) is 6.32. The molecule has 0 saturated heterocycles. The van der Waals surface area contributed by atoms with Gasteiger partial charge in [-0.2, -0.15) is 0 Å².